The summed E-state index contributed by atoms with van der Waals surface area (Å²) in [5, 5.41) is 1.06. The molecule has 0 aliphatic heterocycles. The highest BCUT2D eigenvalue weighted by Crippen LogP contribution is 2.49. The van der Waals surface area contributed by atoms with E-state index in [9.17, 15) is 4.39 Å². The van der Waals surface area contributed by atoms with Gasteiger partial charge in [0, 0.05) is 23.6 Å². The molecule has 1 aromatic heterocycles. The zero-order valence-electron chi connectivity index (χ0n) is 10.9. The molecule has 2 atom stereocenters. The lowest BCUT2D eigenvalue weighted by atomic mass is 10.1. The minimum atomic E-state index is -0.147. The fourth-order valence-electron chi connectivity index (χ4n) is 2.78. The van der Waals surface area contributed by atoms with E-state index < -0.39 is 0 Å². The van der Waals surface area contributed by atoms with Crippen LogP contribution >= 0.6 is 0 Å². The first-order valence-corrected chi connectivity index (χ1v) is 6.64. The lowest BCUT2D eigenvalue weighted by Crippen LogP contribution is -2.20. The molecule has 0 bridgehead atoms. The van der Waals surface area contributed by atoms with Crippen LogP contribution in [0.3, 0.4) is 0 Å². The molecule has 3 rings (SSSR count). The molecule has 18 heavy (non-hydrogen) atoms. The van der Waals surface area contributed by atoms with Gasteiger partial charge in [0.2, 0.25) is 0 Å². The highest BCUT2D eigenvalue weighted by atomic mass is 19.1. The summed E-state index contributed by atoms with van der Waals surface area (Å²) in [4.78, 5) is 5.59. The number of fused-ring (bicyclic) bond motifs is 1. The van der Waals surface area contributed by atoms with E-state index in [0.717, 1.165) is 29.9 Å². The van der Waals surface area contributed by atoms with Crippen LogP contribution < -0.4 is 0 Å². The SMILES string of the molecule is CCN(C)C[C@H]1CC1c1c[nH]c2ccc(F)cc12. The van der Waals surface area contributed by atoms with Gasteiger partial charge >= 0.3 is 0 Å². The highest BCUT2D eigenvalue weighted by Gasteiger charge is 2.39. The third-order valence-electron chi connectivity index (χ3n) is 4.08. The summed E-state index contributed by atoms with van der Waals surface area (Å²) in [6.45, 7) is 4.41. The Hall–Kier alpha value is -1.35. The lowest BCUT2D eigenvalue weighted by Gasteiger charge is -2.12. The number of nitrogens with zero attached hydrogens (tertiary/aromatic N) is 1. The van der Waals surface area contributed by atoms with Crippen molar-refractivity contribution in [3.63, 3.8) is 0 Å². The quantitative estimate of drug-likeness (QED) is 0.876. The van der Waals surface area contributed by atoms with E-state index >= 15 is 0 Å². The Kier molecular flexibility index (Phi) is 2.86. The van der Waals surface area contributed by atoms with Crippen LogP contribution in [-0.2, 0) is 0 Å². The third-order valence-corrected chi connectivity index (χ3v) is 4.08. The molecule has 1 N–H and O–H groups in total. The summed E-state index contributed by atoms with van der Waals surface area (Å²) in [5.41, 5.74) is 2.33. The molecule has 1 aliphatic rings. The lowest BCUT2D eigenvalue weighted by molar-refractivity contribution is 0.335. The van der Waals surface area contributed by atoms with Crippen LogP contribution in [0.15, 0.2) is 24.4 Å². The molecular formula is C15H19FN2. The van der Waals surface area contributed by atoms with E-state index in [4.69, 9.17) is 0 Å². The van der Waals surface area contributed by atoms with Crippen LogP contribution in [-0.4, -0.2) is 30.0 Å². The largest absolute Gasteiger partial charge is 0.361 e. The van der Waals surface area contributed by atoms with E-state index in [0.29, 0.717) is 5.92 Å². The average molecular weight is 246 g/mol. The van der Waals surface area contributed by atoms with Gasteiger partial charge < -0.3 is 9.88 Å². The molecule has 0 amide bonds. The highest BCUT2D eigenvalue weighted by molar-refractivity contribution is 5.84. The van der Waals surface area contributed by atoms with Crippen LogP contribution in [0.1, 0.15) is 24.8 Å². The Morgan fingerprint density at radius 3 is 3.06 bits per heavy atom. The Morgan fingerprint density at radius 1 is 1.44 bits per heavy atom. The predicted molar refractivity (Wildman–Crippen MR) is 72.3 cm³/mol. The zero-order valence-corrected chi connectivity index (χ0v) is 10.9. The summed E-state index contributed by atoms with van der Waals surface area (Å²) in [5.74, 6) is 1.19. The van der Waals surface area contributed by atoms with Crippen molar-refractivity contribution in [1.29, 1.82) is 0 Å². The van der Waals surface area contributed by atoms with Gasteiger partial charge in [-0.05, 0) is 55.6 Å². The van der Waals surface area contributed by atoms with Crippen LogP contribution in [0.2, 0.25) is 0 Å². The Bertz CT molecular complexity index is 561. The van der Waals surface area contributed by atoms with Crippen molar-refractivity contribution in [3.8, 4) is 0 Å². The molecule has 0 saturated heterocycles. The monoisotopic (exact) mass is 246 g/mol. The van der Waals surface area contributed by atoms with Gasteiger partial charge in [0.05, 0.1) is 0 Å². The van der Waals surface area contributed by atoms with Gasteiger partial charge in [-0.2, -0.15) is 0 Å². The molecule has 1 aromatic carbocycles. The number of benzene rings is 1. The summed E-state index contributed by atoms with van der Waals surface area (Å²) in [6, 6.07) is 4.99. The molecule has 0 radical (unpaired) electrons. The molecule has 1 heterocycles. The minimum Gasteiger partial charge on any atom is -0.361 e. The second kappa shape index (κ2) is 4.39. The van der Waals surface area contributed by atoms with Crippen molar-refractivity contribution in [3.05, 3.63) is 35.8 Å². The van der Waals surface area contributed by atoms with Crippen molar-refractivity contribution >= 4 is 10.9 Å². The number of aromatic amines is 1. The van der Waals surface area contributed by atoms with Crippen LogP contribution in [0.4, 0.5) is 4.39 Å². The van der Waals surface area contributed by atoms with E-state index in [1.807, 2.05) is 6.07 Å². The summed E-state index contributed by atoms with van der Waals surface area (Å²) < 4.78 is 13.3. The number of hydrogen-bond donors (Lipinski definition) is 1. The van der Waals surface area contributed by atoms with Crippen molar-refractivity contribution in [2.75, 3.05) is 20.1 Å². The average Bonchev–Trinajstić information content (AvgIpc) is 2.99. The van der Waals surface area contributed by atoms with Crippen molar-refractivity contribution in [2.45, 2.75) is 19.3 Å². The molecule has 1 fully saturated rings. The first-order chi connectivity index (χ1) is 8.69. The third kappa shape index (κ3) is 2.03. The van der Waals surface area contributed by atoms with Gasteiger partial charge in [-0.15, -0.1) is 0 Å². The first kappa shape index (κ1) is 11.7. The fraction of sp³-hybridized carbons (Fsp3) is 0.467. The number of rotatable bonds is 4. The number of nitrogens with one attached hydrogen (secondary N) is 1. The molecule has 96 valence electrons. The number of aromatic nitrogens is 1. The molecular weight excluding hydrogens is 227 g/mol. The minimum absolute atomic E-state index is 0.147. The van der Waals surface area contributed by atoms with Crippen molar-refractivity contribution in [1.82, 2.24) is 9.88 Å². The maximum absolute atomic E-state index is 13.3. The van der Waals surface area contributed by atoms with Gasteiger partial charge in [0.15, 0.2) is 0 Å². The second-order valence-electron chi connectivity index (χ2n) is 5.39. The van der Waals surface area contributed by atoms with Gasteiger partial charge in [-0.3, -0.25) is 0 Å². The Morgan fingerprint density at radius 2 is 2.28 bits per heavy atom. The zero-order chi connectivity index (χ0) is 12.7. The normalized spacial score (nSPS) is 22.9. The summed E-state index contributed by atoms with van der Waals surface area (Å²) >= 11 is 0. The van der Waals surface area contributed by atoms with E-state index in [1.165, 1.54) is 18.1 Å². The Labute approximate surface area is 107 Å². The van der Waals surface area contributed by atoms with Gasteiger partial charge in [-0.1, -0.05) is 6.92 Å². The standard InChI is InChI=1S/C15H19FN2/c1-3-18(2)9-10-6-12(10)14-8-17-15-5-4-11(16)7-13(14)15/h4-5,7-8,10,12,17H,3,6,9H2,1-2H3/t10-,12?/m1/s1. The first-order valence-electron chi connectivity index (χ1n) is 6.64. The van der Waals surface area contributed by atoms with Gasteiger partial charge in [0.25, 0.3) is 0 Å². The molecule has 1 aliphatic carbocycles. The van der Waals surface area contributed by atoms with Crippen molar-refractivity contribution < 1.29 is 4.39 Å². The molecule has 2 aromatic rings. The molecule has 1 unspecified atom stereocenters. The van der Waals surface area contributed by atoms with Gasteiger partial charge in [-0.25, -0.2) is 4.39 Å². The smallest absolute Gasteiger partial charge is 0.123 e. The van der Waals surface area contributed by atoms with E-state index in [2.05, 4.69) is 30.1 Å². The molecule has 1 saturated carbocycles. The maximum Gasteiger partial charge on any atom is 0.123 e. The predicted octanol–water partition coefficient (Wildman–Crippen LogP) is 3.36. The molecule has 3 heteroatoms. The molecule has 2 nitrogen and oxygen atoms in total. The van der Waals surface area contributed by atoms with Crippen LogP contribution in [0, 0.1) is 11.7 Å². The summed E-state index contributed by atoms with van der Waals surface area (Å²) in [7, 11) is 2.16. The fourth-order valence-corrected chi connectivity index (χ4v) is 2.78. The van der Waals surface area contributed by atoms with Crippen molar-refractivity contribution in [2.24, 2.45) is 5.92 Å². The molecule has 0 spiro atoms. The van der Waals surface area contributed by atoms with Crippen LogP contribution in [0.25, 0.3) is 10.9 Å². The van der Waals surface area contributed by atoms with E-state index in [1.54, 1.807) is 6.07 Å². The number of hydrogen-bond acceptors (Lipinski definition) is 1. The topological polar surface area (TPSA) is 19.0 Å². The number of H-pyrrole nitrogens is 1. The van der Waals surface area contributed by atoms with Gasteiger partial charge in [0.1, 0.15) is 5.82 Å². The Balaban J connectivity index is 1.82. The van der Waals surface area contributed by atoms with E-state index in [-0.39, 0.29) is 5.82 Å². The number of halogens is 1. The maximum atomic E-state index is 13.3. The second-order valence-corrected chi connectivity index (χ2v) is 5.39. The van der Waals surface area contributed by atoms with Crippen LogP contribution in [0.5, 0.6) is 0 Å². The summed E-state index contributed by atoms with van der Waals surface area (Å²) in [6.07, 6.45) is 3.29.